The van der Waals surface area contributed by atoms with Crippen molar-refractivity contribution in [2.24, 2.45) is 0 Å². The fourth-order valence-electron chi connectivity index (χ4n) is 2.05. The van der Waals surface area contributed by atoms with Gasteiger partial charge in [0.1, 0.15) is 5.76 Å². The van der Waals surface area contributed by atoms with Crippen LogP contribution in [0.1, 0.15) is 12.7 Å². The number of hydrogen-bond acceptors (Lipinski definition) is 8. The van der Waals surface area contributed by atoms with E-state index in [-0.39, 0.29) is 11.4 Å². The molecule has 124 valence electrons. The third kappa shape index (κ3) is 3.25. The maximum absolute atomic E-state index is 11.0. The van der Waals surface area contributed by atoms with Gasteiger partial charge >= 0.3 is 5.69 Å². The minimum absolute atomic E-state index is 0.0820. The topological polar surface area (TPSA) is 104 Å². The molecular formula is C15H13N3O5S. The van der Waals surface area contributed by atoms with Crippen LogP contribution in [-0.4, -0.2) is 21.7 Å². The predicted octanol–water partition coefficient (Wildman–Crippen LogP) is 4.10. The molecule has 0 atom stereocenters. The predicted molar refractivity (Wildman–Crippen MR) is 85.1 cm³/mol. The third-order valence-corrected chi connectivity index (χ3v) is 3.96. The molecule has 2 heterocycles. The normalized spacial score (nSPS) is 10.8. The Balaban J connectivity index is 1.84. The first kappa shape index (κ1) is 16.1. The first-order valence-electron chi connectivity index (χ1n) is 7.05. The van der Waals surface area contributed by atoms with E-state index in [1.165, 1.54) is 17.8 Å². The molecule has 0 aliphatic carbocycles. The largest absolute Gasteiger partial charge is 0.487 e. The van der Waals surface area contributed by atoms with Crippen LogP contribution >= 0.6 is 11.8 Å². The summed E-state index contributed by atoms with van der Waals surface area (Å²) in [6.07, 6.45) is 1.55. The lowest BCUT2D eigenvalue weighted by atomic mass is 10.3. The van der Waals surface area contributed by atoms with E-state index in [0.29, 0.717) is 28.4 Å². The van der Waals surface area contributed by atoms with Crippen LogP contribution in [0.2, 0.25) is 0 Å². The maximum atomic E-state index is 11.0. The summed E-state index contributed by atoms with van der Waals surface area (Å²) >= 11 is 1.20. The SMILES string of the molecule is CCOc1cc(Sc2nnc(-c3ccoc3C)o2)ccc1[N+](=O)[O-]. The number of aromatic nitrogens is 2. The first-order valence-corrected chi connectivity index (χ1v) is 7.87. The Morgan fingerprint density at radius 2 is 2.17 bits per heavy atom. The highest BCUT2D eigenvalue weighted by Crippen LogP contribution is 2.36. The number of nitro benzene ring substituents is 1. The lowest BCUT2D eigenvalue weighted by Gasteiger charge is -2.05. The summed E-state index contributed by atoms with van der Waals surface area (Å²) in [5, 5.41) is 19.3. The van der Waals surface area contributed by atoms with Crippen LogP contribution in [0.25, 0.3) is 11.5 Å². The van der Waals surface area contributed by atoms with Crippen LogP contribution in [0.3, 0.4) is 0 Å². The summed E-state index contributed by atoms with van der Waals surface area (Å²) in [6, 6.07) is 6.33. The summed E-state index contributed by atoms with van der Waals surface area (Å²) < 4.78 is 16.1. The number of furan rings is 1. The van der Waals surface area contributed by atoms with Gasteiger partial charge in [-0.1, -0.05) is 0 Å². The van der Waals surface area contributed by atoms with Crippen molar-refractivity contribution in [3.05, 3.63) is 46.4 Å². The second kappa shape index (κ2) is 6.75. The van der Waals surface area contributed by atoms with Gasteiger partial charge in [-0.25, -0.2) is 0 Å². The molecule has 2 aromatic heterocycles. The molecule has 0 saturated carbocycles. The second-order valence-corrected chi connectivity index (χ2v) is 5.71. The molecular weight excluding hydrogens is 334 g/mol. The molecule has 8 nitrogen and oxygen atoms in total. The fraction of sp³-hybridized carbons (Fsp3) is 0.200. The average Bonchev–Trinajstić information content (AvgIpc) is 3.16. The van der Waals surface area contributed by atoms with E-state index in [4.69, 9.17) is 13.6 Å². The van der Waals surface area contributed by atoms with E-state index < -0.39 is 4.92 Å². The molecule has 0 N–H and O–H groups in total. The molecule has 0 bridgehead atoms. The van der Waals surface area contributed by atoms with Gasteiger partial charge in [-0.05, 0) is 37.7 Å². The van der Waals surface area contributed by atoms with Crippen molar-refractivity contribution >= 4 is 17.4 Å². The van der Waals surface area contributed by atoms with Gasteiger partial charge < -0.3 is 13.6 Å². The molecule has 9 heteroatoms. The van der Waals surface area contributed by atoms with Gasteiger partial charge in [0.25, 0.3) is 11.1 Å². The molecule has 0 aliphatic heterocycles. The van der Waals surface area contributed by atoms with Gasteiger partial charge in [-0.3, -0.25) is 10.1 Å². The highest BCUT2D eigenvalue weighted by molar-refractivity contribution is 7.99. The van der Waals surface area contributed by atoms with Gasteiger partial charge in [0.2, 0.25) is 0 Å². The summed E-state index contributed by atoms with van der Waals surface area (Å²) in [7, 11) is 0. The highest BCUT2D eigenvalue weighted by atomic mass is 32.2. The molecule has 3 aromatic rings. The zero-order chi connectivity index (χ0) is 17.1. The molecule has 24 heavy (non-hydrogen) atoms. The van der Waals surface area contributed by atoms with Crippen LogP contribution < -0.4 is 4.74 Å². The van der Waals surface area contributed by atoms with E-state index in [0.717, 1.165) is 5.56 Å². The Kier molecular flexibility index (Phi) is 4.52. The lowest BCUT2D eigenvalue weighted by molar-refractivity contribution is -0.385. The monoisotopic (exact) mass is 347 g/mol. The third-order valence-electron chi connectivity index (χ3n) is 3.13. The quantitative estimate of drug-likeness (QED) is 0.485. The second-order valence-electron chi connectivity index (χ2n) is 4.69. The van der Waals surface area contributed by atoms with Crippen LogP contribution in [0.4, 0.5) is 5.69 Å². The Bertz CT molecular complexity index is 874. The number of rotatable bonds is 6. The summed E-state index contributed by atoms with van der Waals surface area (Å²) in [5.74, 6) is 1.25. The number of benzene rings is 1. The van der Waals surface area contributed by atoms with Crippen LogP contribution in [0, 0.1) is 17.0 Å². The maximum Gasteiger partial charge on any atom is 0.310 e. The van der Waals surface area contributed by atoms with E-state index in [1.54, 1.807) is 38.3 Å². The van der Waals surface area contributed by atoms with E-state index >= 15 is 0 Å². The molecule has 0 fully saturated rings. The average molecular weight is 347 g/mol. The van der Waals surface area contributed by atoms with Crippen molar-refractivity contribution in [1.82, 2.24) is 10.2 Å². The fourth-order valence-corrected chi connectivity index (χ4v) is 2.75. The molecule has 0 unspecified atom stereocenters. The number of hydrogen-bond donors (Lipinski definition) is 0. The number of ether oxygens (including phenoxy) is 1. The van der Waals surface area contributed by atoms with Gasteiger partial charge in [0.15, 0.2) is 5.75 Å². The van der Waals surface area contributed by atoms with Crippen LogP contribution in [-0.2, 0) is 0 Å². The van der Waals surface area contributed by atoms with Gasteiger partial charge in [-0.2, -0.15) is 0 Å². The standard InChI is InChI=1S/C15H13N3O5S/c1-3-21-13-8-10(4-5-12(13)18(19)20)24-15-17-16-14(23-15)11-6-7-22-9(11)2/h4-8H,3H2,1-2H3. The molecule has 0 saturated heterocycles. The molecule has 1 aromatic carbocycles. The van der Waals surface area contributed by atoms with Crippen molar-refractivity contribution < 1.29 is 18.5 Å². The number of nitro groups is 1. The smallest absolute Gasteiger partial charge is 0.310 e. The Morgan fingerprint density at radius 1 is 1.33 bits per heavy atom. The minimum Gasteiger partial charge on any atom is -0.487 e. The molecule has 0 spiro atoms. The van der Waals surface area contributed by atoms with Gasteiger partial charge in [0.05, 0.1) is 23.4 Å². The van der Waals surface area contributed by atoms with Crippen molar-refractivity contribution in [3.8, 4) is 17.2 Å². The molecule has 0 radical (unpaired) electrons. The number of aryl methyl sites for hydroxylation is 1. The van der Waals surface area contributed by atoms with Crippen molar-refractivity contribution in [2.75, 3.05) is 6.61 Å². The van der Waals surface area contributed by atoms with E-state index in [9.17, 15) is 10.1 Å². The van der Waals surface area contributed by atoms with Gasteiger partial charge in [-0.15, -0.1) is 10.2 Å². The highest BCUT2D eigenvalue weighted by Gasteiger charge is 2.18. The van der Waals surface area contributed by atoms with E-state index in [1.807, 2.05) is 0 Å². The summed E-state index contributed by atoms with van der Waals surface area (Å²) in [6.45, 7) is 3.90. The van der Waals surface area contributed by atoms with Crippen molar-refractivity contribution in [1.29, 1.82) is 0 Å². The summed E-state index contributed by atoms with van der Waals surface area (Å²) in [5.41, 5.74) is 0.648. The molecule has 3 rings (SSSR count). The zero-order valence-electron chi connectivity index (χ0n) is 12.9. The van der Waals surface area contributed by atoms with Crippen LogP contribution in [0.5, 0.6) is 5.75 Å². The van der Waals surface area contributed by atoms with E-state index in [2.05, 4.69) is 10.2 Å². The van der Waals surface area contributed by atoms with Crippen molar-refractivity contribution in [3.63, 3.8) is 0 Å². The minimum atomic E-state index is -0.480. The zero-order valence-corrected chi connectivity index (χ0v) is 13.7. The lowest BCUT2D eigenvalue weighted by Crippen LogP contribution is -1.97. The number of nitrogens with zero attached hydrogens (tertiary/aromatic N) is 3. The summed E-state index contributed by atoms with van der Waals surface area (Å²) in [4.78, 5) is 11.2. The van der Waals surface area contributed by atoms with Crippen molar-refractivity contribution in [2.45, 2.75) is 24.0 Å². The van der Waals surface area contributed by atoms with Crippen LogP contribution in [0.15, 0.2) is 49.5 Å². The Labute approximate surface area is 141 Å². The Hall–Kier alpha value is -2.81. The molecule has 0 amide bonds. The molecule has 0 aliphatic rings. The van der Waals surface area contributed by atoms with Gasteiger partial charge in [0, 0.05) is 17.0 Å². The Morgan fingerprint density at radius 3 is 2.83 bits per heavy atom. The first-order chi connectivity index (χ1) is 11.6.